The van der Waals surface area contributed by atoms with Crippen LogP contribution in [-0.2, 0) is 0 Å². The maximum absolute atomic E-state index is 12.7. The molecule has 2 aromatic carbocycles. The van der Waals surface area contributed by atoms with Gasteiger partial charge in [-0.2, -0.15) is 0 Å². The number of carbonyl (C=O) groups is 2. The average Bonchev–Trinajstić information content (AvgIpc) is 2.89. The number of piperidine rings is 1. The molecule has 4 rings (SSSR count). The molecule has 1 aliphatic carbocycles. The van der Waals surface area contributed by atoms with E-state index in [0.717, 1.165) is 44.1 Å². The van der Waals surface area contributed by atoms with Crippen LogP contribution in [0.1, 0.15) is 91.0 Å². The Hall–Kier alpha value is -2.66. The summed E-state index contributed by atoms with van der Waals surface area (Å²) in [5.74, 6) is 1.67. The van der Waals surface area contributed by atoms with Crippen molar-refractivity contribution >= 4 is 17.5 Å². The summed E-state index contributed by atoms with van der Waals surface area (Å²) in [4.78, 5) is 27.9. The van der Waals surface area contributed by atoms with Crippen LogP contribution in [0.2, 0.25) is 0 Å². The maximum Gasteiger partial charge on any atom is 0.255 e. The summed E-state index contributed by atoms with van der Waals surface area (Å²) >= 11 is 0. The first-order valence-corrected chi connectivity index (χ1v) is 13.5. The van der Waals surface area contributed by atoms with Gasteiger partial charge in [0.1, 0.15) is 0 Å². The van der Waals surface area contributed by atoms with Crippen LogP contribution in [0.25, 0.3) is 0 Å². The number of rotatable bonds is 8. The molecule has 0 aromatic heterocycles. The normalized spacial score (nSPS) is 17.9. The van der Waals surface area contributed by atoms with E-state index in [1.807, 2.05) is 24.3 Å². The predicted octanol–water partition coefficient (Wildman–Crippen LogP) is 6.08. The minimum Gasteiger partial charge on any atom is -0.352 e. The Kier molecular flexibility index (Phi) is 8.97. The molecule has 1 aliphatic heterocycles. The lowest BCUT2D eigenvalue weighted by Crippen LogP contribution is -2.40. The number of likely N-dealkylation sites (tertiary alicyclic amines) is 1. The van der Waals surface area contributed by atoms with Crippen molar-refractivity contribution in [3.05, 3.63) is 65.2 Å². The van der Waals surface area contributed by atoms with Crippen molar-refractivity contribution in [1.82, 2.24) is 10.2 Å². The lowest BCUT2D eigenvalue weighted by atomic mass is 9.88. The SMILES string of the molecule is CC(C)c1ccc(NC(=O)c2ccc(C(=O)NCC3CCN(CC4CCCCC4)CC3)cc2)cc1. The van der Waals surface area contributed by atoms with E-state index in [1.165, 1.54) is 44.2 Å². The molecule has 5 heteroatoms. The van der Waals surface area contributed by atoms with Crippen LogP contribution in [0.15, 0.2) is 48.5 Å². The van der Waals surface area contributed by atoms with E-state index in [4.69, 9.17) is 0 Å². The van der Waals surface area contributed by atoms with Crippen molar-refractivity contribution in [3.8, 4) is 0 Å². The fourth-order valence-corrected chi connectivity index (χ4v) is 5.37. The Labute approximate surface area is 210 Å². The molecule has 188 valence electrons. The molecular formula is C30H41N3O2. The zero-order chi connectivity index (χ0) is 24.6. The highest BCUT2D eigenvalue weighted by atomic mass is 16.2. The van der Waals surface area contributed by atoms with Crippen molar-refractivity contribution < 1.29 is 9.59 Å². The Morgan fingerprint density at radius 3 is 2.00 bits per heavy atom. The van der Waals surface area contributed by atoms with Crippen molar-refractivity contribution in [2.24, 2.45) is 11.8 Å². The second-order valence-electron chi connectivity index (χ2n) is 10.8. The minimum absolute atomic E-state index is 0.0640. The predicted molar refractivity (Wildman–Crippen MR) is 143 cm³/mol. The van der Waals surface area contributed by atoms with Gasteiger partial charge in [-0.1, -0.05) is 45.2 Å². The summed E-state index contributed by atoms with van der Waals surface area (Å²) < 4.78 is 0. The van der Waals surface area contributed by atoms with Crippen LogP contribution in [0.4, 0.5) is 5.69 Å². The lowest BCUT2D eigenvalue weighted by molar-refractivity contribution is 0.0929. The topological polar surface area (TPSA) is 61.4 Å². The Morgan fingerprint density at radius 1 is 0.800 bits per heavy atom. The molecule has 0 atom stereocenters. The summed E-state index contributed by atoms with van der Waals surface area (Å²) in [6.07, 6.45) is 9.36. The highest BCUT2D eigenvalue weighted by Gasteiger charge is 2.23. The zero-order valence-electron chi connectivity index (χ0n) is 21.4. The molecule has 5 nitrogen and oxygen atoms in total. The van der Waals surface area contributed by atoms with Crippen LogP contribution >= 0.6 is 0 Å². The molecule has 1 saturated carbocycles. The number of amides is 2. The standard InChI is InChI=1S/C30H41N3O2/c1-22(2)25-12-14-28(15-13-25)32-30(35)27-10-8-26(9-11-27)29(34)31-20-23-16-18-33(19-17-23)21-24-6-4-3-5-7-24/h8-15,22-24H,3-7,16-21H2,1-2H3,(H,31,34)(H,32,35). The third kappa shape index (κ3) is 7.41. The van der Waals surface area contributed by atoms with Gasteiger partial charge in [-0.15, -0.1) is 0 Å². The zero-order valence-corrected chi connectivity index (χ0v) is 21.4. The van der Waals surface area contributed by atoms with Crippen molar-refractivity contribution in [2.45, 2.75) is 64.7 Å². The number of anilines is 1. The van der Waals surface area contributed by atoms with E-state index < -0.39 is 0 Å². The third-order valence-electron chi connectivity index (χ3n) is 7.74. The maximum atomic E-state index is 12.7. The van der Waals surface area contributed by atoms with Crippen LogP contribution in [-0.4, -0.2) is 42.9 Å². The molecule has 0 unspecified atom stereocenters. The summed E-state index contributed by atoms with van der Waals surface area (Å²) in [5, 5.41) is 6.04. The van der Waals surface area contributed by atoms with E-state index in [-0.39, 0.29) is 11.8 Å². The Bertz CT molecular complexity index is 954. The molecule has 0 spiro atoms. The fraction of sp³-hybridized carbons (Fsp3) is 0.533. The van der Waals surface area contributed by atoms with Gasteiger partial charge in [-0.05, 0) is 98.5 Å². The van der Waals surface area contributed by atoms with E-state index in [0.29, 0.717) is 23.0 Å². The average molecular weight is 476 g/mol. The number of hydrogen-bond donors (Lipinski definition) is 2. The molecule has 2 fully saturated rings. The first kappa shape index (κ1) is 25.4. The minimum atomic E-state index is -0.172. The van der Waals surface area contributed by atoms with Crippen molar-refractivity contribution in [2.75, 3.05) is 31.5 Å². The van der Waals surface area contributed by atoms with Gasteiger partial charge in [-0.25, -0.2) is 0 Å². The van der Waals surface area contributed by atoms with Gasteiger partial charge in [-0.3, -0.25) is 9.59 Å². The summed E-state index contributed by atoms with van der Waals surface area (Å²) in [5.41, 5.74) is 3.15. The molecule has 35 heavy (non-hydrogen) atoms. The van der Waals surface area contributed by atoms with Gasteiger partial charge >= 0.3 is 0 Å². The van der Waals surface area contributed by atoms with Gasteiger partial charge < -0.3 is 15.5 Å². The molecule has 1 saturated heterocycles. The quantitative estimate of drug-likeness (QED) is 0.486. The lowest BCUT2D eigenvalue weighted by Gasteiger charge is -2.35. The molecule has 0 radical (unpaired) electrons. The summed E-state index contributed by atoms with van der Waals surface area (Å²) in [6, 6.07) is 14.8. The van der Waals surface area contributed by atoms with Gasteiger partial charge in [0.2, 0.25) is 0 Å². The largest absolute Gasteiger partial charge is 0.352 e. The van der Waals surface area contributed by atoms with Gasteiger partial charge in [0.05, 0.1) is 0 Å². The summed E-state index contributed by atoms with van der Waals surface area (Å²) in [6.45, 7) is 8.59. The molecule has 2 N–H and O–H groups in total. The van der Waals surface area contributed by atoms with Gasteiger partial charge in [0.25, 0.3) is 11.8 Å². The number of carbonyl (C=O) groups excluding carboxylic acids is 2. The fourth-order valence-electron chi connectivity index (χ4n) is 5.37. The van der Waals surface area contributed by atoms with E-state index in [2.05, 4.69) is 29.4 Å². The van der Waals surface area contributed by atoms with E-state index >= 15 is 0 Å². The Balaban J connectivity index is 1.19. The highest BCUT2D eigenvalue weighted by molar-refractivity contribution is 6.05. The molecule has 2 amide bonds. The second kappa shape index (κ2) is 12.3. The monoisotopic (exact) mass is 475 g/mol. The van der Waals surface area contributed by atoms with Crippen LogP contribution in [0, 0.1) is 11.8 Å². The highest BCUT2D eigenvalue weighted by Crippen LogP contribution is 2.26. The molecule has 1 heterocycles. The van der Waals surface area contributed by atoms with Gasteiger partial charge in [0, 0.05) is 29.9 Å². The van der Waals surface area contributed by atoms with Crippen LogP contribution in [0.5, 0.6) is 0 Å². The van der Waals surface area contributed by atoms with Crippen molar-refractivity contribution in [1.29, 1.82) is 0 Å². The van der Waals surface area contributed by atoms with Crippen LogP contribution < -0.4 is 10.6 Å². The third-order valence-corrected chi connectivity index (χ3v) is 7.74. The molecular weight excluding hydrogens is 434 g/mol. The first-order valence-electron chi connectivity index (χ1n) is 13.5. The number of hydrogen-bond acceptors (Lipinski definition) is 3. The summed E-state index contributed by atoms with van der Waals surface area (Å²) in [7, 11) is 0. The number of benzene rings is 2. The molecule has 2 aromatic rings. The molecule has 0 bridgehead atoms. The van der Waals surface area contributed by atoms with Crippen LogP contribution in [0.3, 0.4) is 0 Å². The number of nitrogens with one attached hydrogen (secondary N) is 2. The van der Waals surface area contributed by atoms with E-state index in [9.17, 15) is 9.59 Å². The van der Waals surface area contributed by atoms with Gasteiger partial charge in [0.15, 0.2) is 0 Å². The first-order chi connectivity index (χ1) is 17.0. The van der Waals surface area contributed by atoms with E-state index in [1.54, 1.807) is 24.3 Å². The second-order valence-corrected chi connectivity index (χ2v) is 10.8. The smallest absolute Gasteiger partial charge is 0.255 e. The van der Waals surface area contributed by atoms with Crippen molar-refractivity contribution in [3.63, 3.8) is 0 Å². The number of nitrogens with zero attached hydrogens (tertiary/aromatic N) is 1. The molecule has 2 aliphatic rings. The Morgan fingerprint density at radius 2 is 1.40 bits per heavy atom.